The van der Waals surface area contributed by atoms with Gasteiger partial charge in [-0.2, -0.15) is 4.31 Å². The third kappa shape index (κ3) is 4.20. The highest BCUT2D eigenvalue weighted by Crippen LogP contribution is 2.30. The van der Waals surface area contributed by atoms with E-state index in [4.69, 9.17) is 14.0 Å². The van der Waals surface area contributed by atoms with Crippen LogP contribution < -0.4 is 5.32 Å². The molecule has 10 nitrogen and oxygen atoms in total. The molecule has 4 rings (SSSR count). The molecule has 2 aliphatic rings. The van der Waals surface area contributed by atoms with Gasteiger partial charge in [-0.25, -0.2) is 22.0 Å². The molecule has 2 saturated heterocycles. The van der Waals surface area contributed by atoms with Crippen LogP contribution in [-0.4, -0.2) is 74.0 Å². The van der Waals surface area contributed by atoms with E-state index in [1.807, 2.05) is 0 Å². The van der Waals surface area contributed by atoms with Gasteiger partial charge in [0.15, 0.2) is 11.5 Å². The number of ether oxygens (including phenoxy) is 2. The average Bonchev–Trinajstić information content (AvgIpc) is 3.05. The topological polar surface area (TPSA) is 114 Å². The van der Waals surface area contributed by atoms with Gasteiger partial charge in [-0.1, -0.05) is 5.16 Å². The molecule has 1 atom stereocenters. The summed E-state index contributed by atoms with van der Waals surface area (Å²) in [6.45, 7) is 3.32. The number of nitrogens with one attached hydrogen (secondary N) is 1. The Morgan fingerprint density at radius 3 is 2.53 bits per heavy atom. The minimum Gasteiger partial charge on any atom is -0.359 e. The van der Waals surface area contributed by atoms with Crippen LogP contribution in [0.1, 0.15) is 11.5 Å². The molecule has 0 saturated carbocycles. The van der Waals surface area contributed by atoms with E-state index in [0.29, 0.717) is 23.2 Å². The Kier molecular flexibility index (Phi) is 5.92. The fraction of sp³-hybridized carbons (Fsp3) is 0.474. The molecule has 0 bridgehead atoms. The number of carbonyl (C=O) groups is 1. The van der Waals surface area contributed by atoms with Crippen molar-refractivity contribution >= 4 is 21.7 Å². The molecule has 32 heavy (non-hydrogen) atoms. The molecule has 2 amide bonds. The van der Waals surface area contributed by atoms with Gasteiger partial charge in [0.25, 0.3) is 0 Å². The molecule has 1 aromatic carbocycles. The van der Waals surface area contributed by atoms with E-state index in [9.17, 15) is 22.0 Å². The molecular formula is C19H22F2N4O6S. The first-order valence-corrected chi connectivity index (χ1v) is 11.3. The molecule has 1 aromatic heterocycles. The number of aromatic nitrogens is 1. The van der Waals surface area contributed by atoms with Crippen molar-refractivity contribution in [2.45, 2.75) is 24.5 Å². The fourth-order valence-electron chi connectivity index (χ4n) is 3.72. The number of hydrogen-bond donors (Lipinski definition) is 1. The lowest BCUT2D eigenvalue weighted by Gasteiger charge is -2.46. The first-order chi connectivity index (χ1) is 15.1. The standard InChI is InChI=1S/C19H22F2N4O6S/c1-12-17(13(2)31-23-12)22-18(26)24-5-7-29-19(10-24)11-25(6-8-30-19)32(27,28)16-4-3-14(20)9-15(16)21/h3-4,9H,5-8,10-11H2,1-2H3,(H,22,26). The van der Waals surface area contributed by atoms with Gasteiger partial charge in [0.1, 0.15) is 27.9 Å². The van der Waals surface area contributed by atoms with Crippen LogP contribution in [-0.2, 0) is 19.5 Å². The van der Waals surface area contributed by atoms with Crippen LogP contribution in [0.3, 0.4) is 0 Å². The smallest absolute Gasteiger partial charge is 0.322 e. The van der Waals surface area contributed by atoms with Gasteiger partial charge in [-0.15, -0.1) is 0 Å². The highest BCUT2D eigenvalue weighted by molar-refractivity contribution is 7.89. The second-order valence-electron chi connectivity index (χ2n) is 7.57. The average molecular weight is 472 g/mol. The number of amides is 2. The molecule has 1 spiro atoms. The maximum atomic E-state index is 14.2. The normalized spacial score (nSPS) is 22.3. The van der Waals surface area contributed by atoms with Crippen LogP contribution >= 0.6 is 0 Å². The van der Waals surface area contributed by atoms with Crippen molar-refractivity contribution in [3.05, 3.63) is 41.3 Å². The van der Waals surface area contributed by atoms with Crippen LogP contribution in [0.4, 0.5) is 19.3 Å². The molecule has 3 heterocycles. The van der Waals surface area contributed by atoms with Crippen molar-refractivity contribution in [1.29, 1.82) is 0 Å². The molecule has 0 radical (unpaired) electrons. The summed E-state index contributed by atoms with van der Waals surface area (Å²) >= 11 is 0. The van der Waals surface area contributed by atoms with Gasteiger partial charge in [0, 0.05) is 19.2 Å². The number of urea groups is 1. The quantitative estimate of drug-likeness (QED) is 0.725. The third-order valence-electron chi connectivity index (χ3n) is 5.35. The zero-order chi connectivity index (χ0) is 23.1. The Bertz CT molecular complexity index is 1120. The molecular weight excluding hydrogens is 450 g/mol. The summed E-state index contributed by atoms with van der Waals surface area (Å²) in [5.74, 6) is -3.03. The number of carbonyl (C=O) groups excluding carboxylic acids is 1. The van der Waals surface area contributed by atoms with Gasteiger partial charge in [-0.3, -0.25) is 0 Å². The van der Waals surface area contributed by atoms with Crippen molar-refractivity contribution in [3.8, 4) is 0 Å². The second-order valence-corrected chi connectivity index (χ2v) is 9.48. The van der Waals surface area contributed by atoms with Gasteiger partial charge in [0.2, 0.25) is 10.0 Å². The van der Waals surface area contributed by atoms with Crippen molar-refractivity contribution < 1.29 is 36.0 Å². The van der Waals surface area contributed by atoms with E-state index in [1.54, 1.807) is 13.8 Å². The number of rotatable bonds is 3. The van der Waals surface area contributed by atoms with E-state index in [1.165, 1.54) is 4.90 Å². The number of benzene rings is 1. The Morgan fingerprint density at radius 1 is 1.16 bits per heavy atom. The van der Waals surface area contributed by atoms with E-state index in [0.717, 1.165) is 16.4 Å². The summed E-state index contributed by atoms with van der Waals surface area (Å²) in [4.78, 5) is 13.6. The maximum absolute atomic E-state index is 14.2. The lowest BCUT2D eigenvalue weighted by molar-refractivity contribution is -0.278. The summed E-state index contributed by atoms with van der Waals surface area (Å²) in [5, 5.41) is 6.52. The minimum atomic E-state index is -4.28. The third-order valence-corrected chi connectivity index (χ3v) is 7.22. The molecule has 1 N–H and O–H groups in total. The molecule has 1 unspecified atom stereocenters. The first kappa shape index (κ1) is 22.6. The van der Waals surface area contributed by atoms with E-state index in [2.05, 4.69) is 10.5 Å². The van der Waals surface area contributed by atoms with Gasteiger partial charge < -0.3 is 24.2 Å². The molecule has 2 aliphatic heterocycles. The van der Waals surface area contributed by atoms with Crippen molar-refractivity contribution in [1.82, 2.24) is 14.4 Å². The number of anilines is 1. The Balaban J connectivity index is 1.51. The van der Waals surface area contributed by atoms with E-state index < -0.39 is 38.4 Å². The largest absolute Gasteiger partial charge is 0.359 e. The Labute approximate surface area is 183 Å². The number of nitrogens with zero attached hydrogens (tertiary/aromatic N) is 3. The SMILES string of the molecule is Cc1noc(C)c1NC(=O)N1CCOC2(C1)CN(S(=O)(=O)c1ccc(F)cc1F)CCO2. The monoisotopic (exact) mass is 472 g/mol. The predicted octanol–water partition coefficient (Wildman–Crippen LogP) is 1.85. The number of halogens is 2. The molecule has 2 aromatic rings. The molecule has 2 fully saturated rings. The lowest BCUT2D eigenvalue weighted by Crippen LogP contribution is -2.64. The van der Waals surface area contributed by atoms with E-state index in [-0.39, 0.29) is 39.4 Å². The molecule has 174 valence electrons. The van der Waals surface area contributed by atoms with Crippen LogP contribution in [0.25, 0.3) is 0 Å². The second kappa shape index (κ2) is 8.39. The highest BCUT2D eigenvalue weighted by atomic mass is 32.2. The van der Waals surface area contributed by atoms with Crippen LogP contribution in [0, 0.1) is 25.5 Å². The van der Waals surface area contributed by atoms with Gasteiger partial charge >= 0.3 is 6.03 Å². The lowest BCUT2D eigenvalue weighted by atomic mass is 10.2. The molecule has 13 heteroatoms. The molecule has 0 aliphatic carbocycles. The highest BCUT2D eigenvalue weighted by Gasteiger charge is 2.46. The van der Waals surface area contributed by atoms with Crippen molar-refractivity contribution in [2.24, 2.45) is 0 Å². The van der Waals surface area contributed by atoms with Gasteiger partial charge in [-0.05, 0) is 26.0 Å². The van der Waals surface area contributed by atoms with Gasteiger partial charge in [0.05, 0.1) is 26.3 Å². The Hall–Kier alpha value is -2.61. The van der Waals surface area contributed by atoms with Crippen molar-refractivity contribution in [3.63, 3.8) is 0 Å². The maximum Gasteiger partial charge on any atom is 0.322 e. The number of sulfonamides is 1. The van der Waals surface area contributed by atoms with E-state index >= 15 is 0 Å². The number of aryl methyl sites for hydroxylation is 2. The van der Waals surface area contributed by atoms with Crippen LogP contribution in [0.5, 0.6) is 0 Å². The Morgan fingerprint density at radius 2 is 1.88 bits per heavy atom. The number of hydrogen-bond acceptors (Lipinski definition) is 7. The summed E-state index contributed by atoms with van der Waals surface area (Å²) in [6.07, 6.45) is 0. The first-order valence-electron chi connectivity index (χ1n) is 9.83. The van der Waals surface area contributed by atoms with Crippen LogP contribution in [0.2, 0.25) is 0 Å². The predicted molar refractivity (Wildman–Crippen MR) is 106 cm³/mol. The zero-order valence-electron chi connectivity index (χ0n) is 17.4. The number of morpholine rings is 2. The fourth-order valence-corrected chi connectivity index (χ4v) is 5.22. The summed E-state index contributed by atoms with van der Waals surface area (Å²) in [6, 6.07) is 1.83. The summed E-state index contributed by atoms with van der Waals surface area (Å²) in [5.41, 5.74) is 0.974. The summed E-state index contributed by atoms with van der Waals surface area (Å²) < 4.78 is 70.9. The zero-order valence-corrected chi connectivity index (χ0v) is 18.2. The summed E-state index contributed by atoms with van der Waals surface area (Å²) in [7, 11) is -4.28. The van der Waals surface area contributed by atoms with Crippen molar-refractivity contribution in [2.75, 3.05) is 44.7 Å². The minimum absolute atomic E-state index is 0.0264. The van der Waals surface area contributed by atoms with Crippen LogP contribution in [0.15, 0.2) is 27.6 Å².